The Morgan fingerprint density at radius 1 is 0.417 bits per heavy atom. The second-order valence-electron chi connectivity index (χ2n) is 22.1. The number of aromatic nitrogens is 3. The Morgan fingerprint density at radius 3 is 1.17 bits per heavy atom. The average molecular weight is 1170 g/mol. The topological polar surface area (TPSA) is 71.7 Å². The maximum Gasteiger partial charge on any atom is 0.416 e. The number of halogens is 6. The molecule has 5 nitrogen and oxygen atoms in total. The fourth-order valence-electron chi connectivity index (χ4n) is 8.06. The number of methoxy groups -OCH3 is 1. The SMILES string of the molecule is CC(C)c1ccccc1C#N.CC(C)c1ccccc1C(F)(F)F.CC(C)c1ccccc1Cl.CC(C)c1ccccc1F.CC(C)c1ncccc1F.CC(C)c1ncccn1.COc1ccccc1C(C)C.Cc1ccccc1C(C)C. The van der Waals surface area contributed by atoms with Gasteiger partial charge in [-0.05, 0) is 136 Å². The van der Waals surface area contributed by atoms with E-state index >= 15 is 0 Å². The summed E-state index contributed by atoms with van der Waals surface area (Å²) in [7, 11) is 1.71. The van der Waals surface area contributed by atoms with Crippen molar-refractivity contribution in [2.75, 3.05) is 7.11 Å². The molecule has 0 aliphatic rings. The molecule has 0 saturated heterocycles. The normalized spacial score (nSPS) is 10.5. The van der Waals surface area contributed by atoms with Gasteiger partial charge in [-0.25, -0.2) is 18.7 Å². The summed E-state index contributed by atoms with van der Waals surface area (Å²) in [5.41, 5.74) is 8.46. The molecule has 452 valence electrons. The zero-order valence-electron chi connectivity index (χ0n) is 52.9. The van der Waals surface area contributed by atoms with Crippen LogP contribution in [0.4, 0.5) is 22.0 Å². The quantitative estimate of drug-likeness (QED) is 0.135. The van der Waals surface area contributed by atoms with Crippen molar-refractivity contribution in [3.05, 3.63) is 261 Å². The van der Waals surface area contributed by atoms with E-state index in [9.17, 15) is 22.0 Å². The average Bonchev–Trinajstić information content (AvgIpc) is 3.63. The van der Waals surface area contributed by atoms with Crippen LogP contribution in [0.5, 0.6) is 5.75 Å². The van der Waals surface area contributed by atoms with E-state index in [1.54, 1.807) is 57.7 Å². The molecule has 84 heavy (non-hydrogen) atoms. The minimum Gasteiger partial charge on any atom is -0.496 e. The van der Waals surface area contributed by atoms with Crippen LogP contribution in [0.15, 0.2) is 182 Å². The largest absolute Gasteiger partial charge is 0.496 e. The molecule has 0 amide bonds. The number of para-hydroxylation sites is 1. The van der Waals surface area contributed by atoms with Gasteiger partial charge < -0.3 is 4.74 Å². The van der Waals surface area contributed by atoms with Crippen molar-refractivity contribution < 1.29 is 26.7 Å². The van der Waals surface area contributed by atoms with Gasteiger partial charge in [0.05, 0.1) is 30.0 Å². The summed E-state index contributed by atoms with van der Waals surface area (Å²) in [5, 5.41) is 9.59. The molecule has 8 aromatic rings. The molecule has 0 aliphatic heterocycles. The van der Waals surface area contributed by atoms with Gasteiger partial charge in [0, 0.05) is 29.5 Å². The molecule has 0 N–H and O–H groups in total. The third-order valence-electron chi connectivity index (χ3n) is 12.7. The lowest BCUT2D eigenvalue weighted by molar-refractivity contribution is -0.138. The highest BCUT2D eigenvalue weighted by Crippen LogP contribution is 2.35. The summed E-state index contributed by atoms with van der Waals surface area (Å²) in [6.07, 6.45) is 0.907. The Morgan fingerprint density at radius 2 is 0.821 bits per heavy atom. The highest BCUT2D eigenvalue weighted by Gasteiger charge is 2.33. The Kier molecular flexibility index (Phi) is 35.7. The monoisotopic (exact) mass is 1170 g/mol. The van der Waals surface area contributed by atoms with Crippen LogP contribution in [0.25, 0.3) is 0 Å². The molecule has 6 aromatic carbocycles. The van der Waals surface area contributed by atoms with Crippen molar-refractivity contribution in [2.24, 2.45) is 0 Å². The van der Waals surface area contributed by atoms with Crippen LogP contribution in [-0.4, -0.2) is 22.1 Å². The predicted molar refractivity (Wildman–Crippen MR) is 344 cm³/mol. The first-order valence-electron chi connectivity index (χ1n) is 28.8. The summed E-state index contributed by atoms with van der Waals surface area (Å²) in [6.45, 7) is 34.9. The molecule has 8 rings (SSSR count). The molecular formula is C73H92ClF5N4O. The second-order valence-corrected chi connectivity index (χ2v) is 22.5. The van der Waals surface area contributed by atoms with Gasteiger partial charge in [-0.3, -0.25) is 4.98 Å². The minimum absolute atomic E-state index is 0.0992. The Labute approximate surface area is 506 Å². The maximum absolute atomic E-state index is 12.8. The molecule has 0 atom stereocenters. The Balaban J connectivity index is 0.000000481. The molecule has 0 spiro atoms. The zero-order chi connectivity index (χ0) is 63.5. The van der Waals surface area contributed by atoms with Crippen molar-refractivity contribution in [2.45, 2.75) is 171 Å². The fourth-order valence-corrected chi connectivity index (χ4v) is 8.41. The lowest BCUT2D eigenvalue weighted by Gasteiger charge is -2.14. The third kappa shape index (κ3) is 28.4. The number of ether oxygens (including phenoxy) is 1. The molecule has 0 unspecified atom stereocenters. The van der Waals surface area contributed by atoms with Gasteiger partial charge in [0.1, 0.15) is 23.2 Å². The van der Waals surface area contributed by atoms with Crippen LogP contribution in [0, 0.1) is 29.9 Å². The van der Waals surface area contributed by atoms with E-state index in [4.69, 9.17) is 21.6 Å². The number of hydrogen-bond acceptors (Lipinski definition) is 5. The van der Waals surface area contributed by atoms with E-state index in [2.05, 4.69) is 134 Å². The maximum atomic E-state index is 12.8. The molecule has 2 aromatic heterocycles. The molecule has 0 radical (unpaired) electrons. The molecule has 11 heteroatoms. The van der Waals surface area contributed by atoms with Gasteiger partial charge in [-0.1, -0.05) is 238 Å². The highest BCUT2D eigenvalue weighted by molar-refractivity contribution is 6.31. The van der Waals surface area contributed by atoms with Crippen molar-refractivity contribution in [3.63, 3.8) is 0 Å². The van der Waals surface area contributed by atoms with Crippen LogP contribution in [0.3, 0.4) is 0 Å². The van der Waals surface area contributed by atoms with Gasteiger partial charge in [-0.2, -0.15) is 18.4 Å². The zero-order valence-corrected chi connectivity index (χ0v) is 53.7. The van der Waals surface area contributed by atoms with E-state index in [0.29, 0.717) is 40.8 Å². The first kappa shape index (κ1) is 74.8. The van der Waals surface area contributed by atoms with Crippen molar-refractivity contribution >= 4 is 11.6 Å². The van der Waals surface area contributed by atoms with E-state index in [1.165, 1.54) is 46.5 Å². The number of benzene rings is 6. The summed E-state index contributed by atoms with van der Waals surface area (Å²) in [5.74, 6) is 4.52. The van der Waals surface area contributed by atoms with Crippen LogP contribution < -0.4 is 4.74 Å². The van der Waals surface area contributed by atoms with Crippen molar-refractivity contribution in [1.82, 2.24) is 15.0 Å². The standard InChI is InChI=1S/C10H11F3.C10H11N.C10H14O.C10H14.C9H11Cl.C9H11F.C8H10FN.C7H10N2/c1-7(2)8-5-3-4-6-9(8)10(11,12)13;1-8(2)10-6-4-3-5-9(10)7-11;1-8(2)9-6-4-5-7-10(9)11-3;1-8(2)10-7-5-4-6-9(10)3;2*1-7(2)8-5-3-4-6-9(8)10;1-6(2)8-7(9)4-3-5-10-8;1-6(2)7-8-4-3-5-9-7/h3-7H,1-2H3;3-6,8H,1-2H3;4-8H,1-3H3;4-8H,1-3H3;2*3-7H,1-2H3;3-6H,1-2H3;3-6H,1-2H3. The number of aryl methyl sites for hydroxylation is 1. The Hall–Kier alpha value is -7.22. The van der Waals surface area contributed by atoms with Crippen LogP contribution in [0.1, 0.15) is 220 Å². The van der Waals surface area contributed by atoms with Crippen LogP contribution in [0.2, 0.25) is 5.02 Å². The molecule has 0 fully saturated rings. The molecule has 0 bridgehead atoms. The van der Waals surface area contributed by atoms with E-state index in [-0.39, 0.29) is 29.4 Å². The number of nitrogens with zero attached hydrogens (tertiary/aromatic N) is 4. The van der Waals surface area contributed by atoms with E-state index in [1.807, 2.05) is 107 Å². The first-order chi connectivity index (χ1) is 39.6. The van der Waals surface area contributed by atoms with Gasteiger partial charge >= 0.3 is 6.18 Å². The molecular weight excluding hydrogens is 1080 g/mol. The summed E-state index contributed by atoms with van der Waals surface area (Å²) in [6, 6.07) is 51.9. The lowest BCUT2D eigenvalue weighted by Crippen LogP contribution is -2.09. The van der Waals surface area contributed by atoms with Crippen LogP contribution >= 0.6 is 11.6 Å². The summed E-state index contributed by atoms with van der Waals surface area (Å²) < 4.78 is 68.1. The van der Waals surface area contributed by atoms with Gasteiger partial charge in [0.25, 0.3) is 0 Å². The highest BCUT2D eigenvalue weighted by atomic mass is 35.5. The smallest absolute Gasteiger partial charge is 0.416 e. The second kappa shape index (κ2) is 40.1. The van der Waals surface area contributed by atoms with E-state index in [0.717, 1.165) is 39.4 Å². The van der Waals surface area contributed by atoms with Crippen LogP contribution in [-0.2, 0) is 6.18 Å². The van der Waals surface area contributed by atoms with E-state index < -0.39 is 11.7 Å². The molecule has 2 heterocycles. The number of alkyl halides is 3. The number of rotatable bonds is 9. The van der Waals surface area contributed by atoms with Gasteiger partial charge in [0.15, 0.2) is 0 Å². The van der Waals surface area contributed by atoms with Crippen molar-refractivity contribution in [3.8, 4) is 11.8 Å². The lowest BCUT2D eigenvalue weighted by atomic mass is 9.97. The van der Waals surface area contributed by atoms with Crippen molar-refractivity contribution in [1.29, 1.82) is 5.26 Å². The summed E-state index contributed by atoms with van der Waals surface area (Å²) >= 11 is 5.92. The number of pyridine rings is 1. The first-order valence-corrected chi connectivity index (χ1v) is 29.2. The minimum atomic E-state index is -4.24. The number of hydrogen-bond donors (Lipinski definition) is 0. The Bertz CT molecular complexity index is 2890. The molecule has 0 aliphatic carbocycles. The van der Waals surface area contributed by atoms with Gasteiger partial charge in [0.2, 0.25) is 0 Å². The molecule has 0 saturated carbocycles. The third-order valence-corrected chi connectivity index (χ3v) is 13.0. The summed E-state index contributed by atoms with van der Waals surface area (Å²) in [4.78, 5) is 12.0. The number of nitriles is 1. The van der Waals surface area contributed by atoms with Gasteiger partial charge in [-0.15, -0.1) is 0 Å². The predicted octanol–water partition coefficient (Wildman–Crippen LogP) is 22.8. The fraction of sp³-hybridized carbons (Fsp3) is 0.370.